The number of anilines is 1. The van der Waals surface area contributed by atoms with Gasteiger partial charge >= 0.3 is 0 Å². The van der Waals surface area contributed by atoms with E-state index in [9.17, 15) is 14.4 Å². The van der Waals surface area contributed by atoms with E-state index in [0.29, 0.717) is 68.9 Å². The van der Waals surface area contributed by atoms with Crippen molar-refractivity contribution in [3.05, 3.63) is 42.4 Å². The summed E-state index contributed by atoms with van der Waals surface area (Å²) in [6.07, 6.45) is 11.0. The van der Waals surface area contributed by atoms with Gasteiger partial charge in [-0.3, -0.25) is 4.79 Å². The number of nitrogens with one attached hydrogen (secondary N) is 1. The van der Waals surface area contributed by atoms with Gasteiger partial charge in [0.15, 0.2) is 0 Å². The maximum absolute atomic E-state index is 14.7. The third-order valence-corrected chi connectivity index (χ3v) is 6.79. The molecule has 2 saturated heterocycles. The van der Waals surface area contributed by atoms with Gasteiger partial charge < -0.3 is 19.9 Å². The van der Waals surface area contributed by atoms with Crippen LogP contribution >= 0.6 is 0 Å². The second kappa shape index (κ2) is 9.84. The predicted octanol–water partition coefficient (Wildman–Crippen LogP) is 2.02. The molecule has 10 heteroatoms. The number of halogens is 1. The standard InChI is InChI=1S/C26H26FN7O2/c1-2-24(35)33-10-8-32(9-11-33)23-4-3-19(15-30-23)22-13-21(17-34-25(22)20(14-28)16-31-34)36-12-6-26(27)5-7-29-18-26/h1,3-4,13,15-17,29H,5-12,18H2. The monoisotopic (exact) mass is 487 g/mol. The van der Waals surface area contributed by atoms with Crippen LogP contribution in [0.2, 0.25) is 0 Å². The summed E-state index contributed by atoms with van der Waals surface area (Å²) in [5.74, 6) is 3.20. The van der Waals surface area contributed by atoms with Gasteiger partial charge in [0.2, 0.25) is 0 Å². The van der Waals surface area contributed by atoms with Crippen LogP contribution in [0.3, 0.4) is 0 Å². The zero-order valence-corrected chi connectivity index (χ0v) is 19.8. The Labute approximate surface area is 208 Å². The van der Waals surface area contributed by atoms with Gasteiger partial charge in [0.1, 0.15) is 23.3 Å². The fourth-order valence-electron chi connectivity index (χ4n) is 4.72. The number of piperazine rings is 1. The highest BCUT2D eigenvalue weighted by atomic mass is 19.1. The smallest absolute Gasteiger partial charge is 0.298 e. The number of terminal acetylenes is 1. The number of pyridine rings is 2. The van der Waals surface area contributed by atoms with Crippen molar-refractivity contribution in [1.82, 2.24) is 24.8 Å². The summed E-state index contributed by atoms with van der Waals surface area (Å²) in [6, 6.07) is 7.89. The molecule has 3 aromatic heterocycles. The molecule has 5 heterocycles. The Morgan fingerprint density at radius 1 is 1.28 bits per heavy atom. The van der Waals surface area contributed by atoms with Crippen molar-refractivity contribution < 1.29 is 13.9 Å². The maximum atomic E-state index is 14.7. The molecule has 0 radical (unpaired) electrons. The Morgan fingerprint density at radius 3 is 2.78 bits per heavy atom. The molecule has 0 bridgehead atoms. The molecule has 0 spiro atoms. The van der Waals surface area contributed by atoms with Crippen molar-refractivity contribution in [3.63, 3.8) is 0 Å². The average Bonchev–Trinajstić information content (AvgIpc) is 3.54. The van der Waals surface area contributed by atoms with Gasteiger partial charge in [-0.1, -0.05) is 0 Å². The lowest BCUT2D eigenvalue weighted by atomic mass is 10.0. The molecule has 2 aliphatic rings. The van der Waals surface area contributed by atoms with E-state index in [-0.39, 0.29) is 12.5 Å². The number of rotatable bonds is 6. The molecule has 2 aliphatic heterocycles. The van der Waals surface area contributed by atoms with E-state index in [4.69, 9.17) is 11.2 Å². The van der Waals surface area contributed by atoms with Crippen LogP contribution in [0, 0.1) is 23.7 Å². The van der Waals surface area contributed by atoms with Crippen molar-refractivity contribution in [2.75, 3.05) is 50.8 Å². The van der Waals surface area contributed by atoms with Gasteiger partial charge in [0, 0.05) is 56.5 Å². The predicted molar refractivity (Wildman–Crippen MR) is 132 cm³/mol. The van der Waals surface area contributed by atoms with E-state index in [0.717, 1.165) is 16.9 Å². The number of carbonyl (C=O) groups is 1. The molecule has 0 saturated carbocycles. The van der Waals surface area contributed by atoms with E-state index < -0.39 is 5.67 Å². The van der Waals surface area contributed by atoms with Crippen molar-refractivity contribution in [3.8, 4) is 35.3 Å². The first-order valence-electron chi connectivity index (χ1n) is 11.9. The summed E-state index contributed by atoms with van der Waals surface area (Å²) in [5, 5.41) is 17.0. The van der Waals surface area contributed by atoms with E-state index in [2.05, 4.69) is 32.3 Å². The minimum Gasteiger partial charge on any atom is -0.492 e. The molecule has 5 rings (SSSR count). The molecule has 2 fully saturated rings. The SMILES string of the molecule is C#CC(=O)N1CCN(c2ccc(-c3cc(OCCC4(F)CCNC4)cn4ncc(C#N)c34)cn2)CC1. The normalized spacial score (nSPS) is 19.8. The van der Waals surface area contributed by atoms with Crippen LogP contribution in [0.15, 0.2) is 36.8 Å². The van der Waals surface area contributed by atoms with Crippen molar-refractivity contribution in [2.45, 2.75) is 18.5 Å². The highest BCUT2D eigenvalue weighted by Crippen LogP contribution is 2.32. The molecule has 184 valence electrons. The Hall–Kier alpha value is -4.15. The lowest BCUT2D eigenvalue weighted by Crippen LogP contribution is -2.48. The summed E-state index contributed by atoms with van der Waals surface area (Å²) in [5.41, 5.74) is 1.40. The molecule has 1 N–H and O–H groups in total. The fraction of sp³-hybridized carbons (Fsp3) is 0.385. The number of fused-ring (bicyclic) bond motifs is 1. The average molecular weight is 488 g/mol. The van der Waals surface area contributed by atoms with Crippen LogP contribution in [-0.2, 0) is 4.79 Å². The van der Waals surface area contributed by atoms with Crippen molar-refractivity contribution in [1.29, 1.82) is 5.26 Å². The van der Waals surface area contributed by atoms with Crippen molar-refractivity contribution >= 4 is 17.2 Å². The third-order valence-electron chi connectivity index (χ3n) is 6.79. The van der Waals surface area contributed by atoms with E-state index in [1.54, 1.807) is 21.8 Å². The highest BCUT2D eigenvalue weighted by Gasteiger charge is 2.33. The number of aromatic nitrogens is 3. The summed E-state index contributed by atoms with van der Waals surface area (Å²) in [7, 11) is 0. The molecule has 1 amide bonds. The summed E-state index contributed by atoms with van der Waals surface area (Å²) >= 11 is 0. The maximum Gasteiger partial charge on any atom is 0.298 e. The molecule has 1 unspecified atom stereocenters. The van der Waals surface area contributed by atoms with Crippen LogP contribution in [0.25, 0.3) is 16.6 Å². The van der Waals surface area contributed by atoms with Gasteiger partial charge in [-0.15, -0.1) is 6.42 Å². The molecule has 36 heavy (non-hydrogen) atoms. The first-order chi connectivity index (χ1) is 17.5. The molecule has 0 aliphatic carbocycles. The van der Waals surface area contributed by atoms with Crippen LogP contribution in [0.5, 0.6) is 5.75 Å². The number of nitriles is 1. The minimum absolute atomic E-state index is 0.237. The van der Waals surface area contributed by atoms with Gasteiger partial charge in [0.05, 0.1) is 30.1 Å². The number of amides is 1. The summed E-state index contributed by atoms with van der Waals surface area (Å²) < 4.78 is 22.2. The topological polar surface area (TPSA) is 98.8 Å². The zero-order valence-electron chi connectivity index (χ0n) is 19.8. The quantitative estimate of drug-likeness (QED) is 0.531. The number of carbonyl (C=O) groups excluding carboxylic acids is 1. The summed E-state index contributed by atoms with van der Waals surface area (Å²) in [6.45, 7) is 3.63. The number of ether oxygens (including phenoxy) is 1. The third kappa shape index (κ3) is 4.68. The molecule has 3 aromatic rings. The van der Waals surface area contributed by atoms with Crippen LogP contribution in [-0.4, -0.2) is 76.9 Å². The lowest BCUT2D eigenvalue weighted by molar-refractivity contribution is -0.125. The minimum atomic E-state index is -1.24. The molecular weight excluding hydrogens is 461 g/mol. The van der Waals surface area contributed by atoms with Crippen LogP contribution < -0.4 is 15.0 Å². The second-order valence-corrected chi connectivity index (χ2v) is 9.06. The van der Waals surface area contributed by atoms with E-state index >= 15 is 0 Å². The number of nitrogens with zero attached hydrogens (tertiary/aromatic N) is 6. The number of hydrogen-bond acceptors (Lipinski definition) is 7. The van der Waals surface area contributed by atoms with Gasteiger partial charge in [0.25, 0.3) is 5.91 Å². The lowest BCUT2D eigenvalue weighted by Gasteiger charge is -2.34. The molecular formula is C26H26FN7O2. The van der Waals surface area contributed by atoms with Gasteiger partial charge in [-0.25, -0.2) is 13.9 Å². The van der Waals surface area contributed by atoms with Crippen LogP contribution in [0.1, 0.15) is 18.4 Å². The molecule has 1 atom stereocenters. The van der Waals surface area contributed by atoms with Gasteiger partial charge in [-0.05, 0) is 37.1 Å². The number of alkyl halides is 1. The first kappa shape index (κ1) is 23.6. The Balaban J connectivity index is 1.36. The molecule has 9 nitrogen and oxygen atoms in total. The fourth-order valence-corrected chi connectivity index (χ4v) is 4.72. The molecule has 0 aromatic carbocycles. The number of hydrogen-bond donors (Lipinski definition) is 1. The highest BCUT2D eigenvalue weighted by molar-refractivity contribution is 5.93. The first-order valence-corrected chi connectivity index (χ1v) is 11.9. The Morgan fingerprint density at radius 2 is 2.11 bits per heavy atom. The van der Waals surface area contributed by atoms with E-state index in [1.165, 1.54) is 6.20 Å². The summed E-state index contributed by atoms with van der Waals surface area (Å²) in [4.78, 5) is 20.1. The Bertz CT molecular complexity index is 1340. The van der Waals surface area contributed by atoms with Crippen LogP contribution in [0.4, 0.5) is 10.2 Å². The second-order valence-electron chi connectivity index (χ2n) is 9.06. The van der Waals surface area contributed by atoms with Crippen molar-refractivity contribution in [2.24, 2.45) is 0 Å². The largest absolute Gasteiger partial charge is 0.492 e. The zero-order chi connectivity index (χ0) is 25.1. The van der Waals surface area contributed by atoms with E-state index in [1.807, 2.05) is 18.2 Å². The van der Waals surface area contributed by atoms with Gasteiger partial charge in [-0.2, -0.15) is 10.4 Å². The Kier molecular flexibility index (Phi) is 6.45.